The molecule has 1 aromatic carbocycles. The van der Waals surface area contributed by atoms with Crippen LogP contribution in [-0.4, -0.2) is 24.0 Å². The van der Waals surface area contributed by atoms with Gasteiger partial charge in [-0.05, 0) is 25.0 Å². The Morgan fingerprint density at radius 3 is 2.00 bits per heavy atom. The van der Waals surface area contributed by atoms with Crippen LogP contribution in [0.5, 0.6) is 0 Å². The molecule has 0 spiro atoms. The minimum absolute atomic E-state index is 0. The van der Waals surface area contributed by atoms with Crippen molar-refractivity contribution in [3.05, 3.63) is 50.2 Å². The van der Waals surface area contributed by atoms with Crippen LogP contribution in [0, 0.1) is 19.8 Å². The molecule has 1 amide bonds. The van der Waals surface area contributed by atoms with Crippen molar-refractivity contribution in [2.24, 2.45) is 5.41 Å². The molecule has 1 aliphatic carbocycles. The van der Waals surface area contributed by atoms with Crippen molar-refractivity contribution in [1.82, 2.24) is 5.32 Å². The monoisotopic (exact) mass is 562 g/mol. The molecule has 6 heteroatoms. The zero-order valence-electron chi connectivity index (χ0n) is 13.9. The molecular formula is C17H23NO3WY-2. The fourth-order valence-electron chi connectivity index (χ4n) is 1.86. The van der Waals surface area contributed by atoms with E-state index in [1.54, 1.807) is 24.3 Å². The summed E-state index contributed by atoms with van der Waals surface area (Å²) in [5.41, 5.74) is -0.416. The van der Waals surface area contributed by atoms with E-state index in [9.17, 15) is 14.4 Å². The molecule has 1 N–H and O–H groups in total. The number of amides is 1. The molecule has 0 bridgehead atoms. The van der Waals surface area contributed by atoms with Crippen LogP contribution in [0.3, 0.4) is 0 Å². The van der Waals surface area contributed by atoms with Gasteiger partial charge in [-0.15, -0.1) is 0 Å². The number of Topliss-reactive ketones (excluding diaryl/α,β-unsaturated/α-hetero) is 2. The molecule has 0 saturated heterocycles. The molecule has 0 aliphatic heterocycles. The molecule has 1 radical (unpaired) electrons. The van der Waals surface area contributed by atoms with Gasteiger partial charge in [-0.25, -0.2) is 0 Å². The first kappa shape index (κ1) is 27.5. The van der Waals surface area contributed by atoms with Gasteiger partial charge in [0.15, 0.2) is 5.78 Å². The predicted octanol–water partition coefficient (Wildman–Crippen LogP) is 2.64. The zero-order chi connectivity index (χ0) is 15.2. The van der Waals surface area contributed by atoms with E-state index in [1.807, 2.05) is 19.9 Å². The van der Waals surface area contributed by atoms with Crippen molar-refractivity contribution >= 4 is 17.5 Å². The molecule has 0 aromatic heterocycles. The first-order valence-electron chi connectivity index (χ1n) is 6.79. The van der Waals surface area contributed by atoms with Crippen molar-refractivity contribution in [1.29, 1.82) is 0 Å². The van der Waals surface area contributed by atoms with Crippen LogP contribution in [0.1, 0.15) is 37.0 Å². The maximum Gasteiger partial charge on any atom is 0.251 e. The largest absolute Gasteiger partial charge is 0.358 e. The maximum atomic E-state index is 11.8. The van der Waals surface area contributed by atoms with Gasteiger partial charge in [0, 0.05) is 65.1 Å². The first-order chi connectivity index (χ1) is 9.56. The molecule has 0 heterocycles. The van der Waals surface area contributed by atoms with Crippen molar-refractivity contribution in [2.75, 3.05) is 6.54 Å². The van der Waals surface area contributed by atoms with E-state index in [0.29, 0.717) is 18.4 Å². The average Bonchev–Trinajstić information content (AvgIpc) is 3.29. The van der Waals surface area contributed by atoms with Crippen LogP contribution in [0.4, 0.5) is 0 Å². The van der Waals surface area contributed by atoms with Gasteiger partial charge in [-0.3, -0.25) is 9.59 Å². The Balaban J connectivity index is -0.000000770. The fraction of sp³-hybridized carbons (Fsp3) is 0.353. The molecule has 1 fully saturated rings. The Morgan fingerprint density at radius 1 is 1.13 bits per heavy atom. The third-order valence-electron chi connectivity index (χ3n) is 3.26. The van der Waals surface area contributed by atoms with Crippen molar-refractivity contribution in [3.8, 4) is 0 Å². The molecule has 125 valence electrons. The summed E-state index contributed by atoms with van der Waals surface area (Å²) >= 11 is 0. The number of carbonyl (C=O) groups is 3. The minimum atomic E-state index is -0.913. The smallest absolute Gasteiger partial charge is 0.251 e. The van der Waals surface area contributed by atoms with Crippen LogP contribution in [-0.2, 0) is 63.4 Å². The molecule has 0 unspecified atom stereocenters. The van der Waals surface area contributed by atoms with E-state index in [2.05, 4.69) is 12.2 Å². The summed E-state index contributed by atoms with van der Waals surface area (Å²) in [7, 11) is 0. The van der Waals surface area contributed by atoms with E-state index in [1.165, 1.54) is 0 Å². The summed E-state index contributed by atoms with van der Waals surface area (Å²) in [4.78, 5) is 34.8. The predicted molar refractivity (Wildman–Crippen MR) is 83.6 cm³/mol. The molecule has 0 atom stereocenters. The molecule has 23 heavy (non-hydrogen) atoms. The standard InChI is InChI=1S/C14H14NO3.C2H6.CH3.W.Y/c1-10(16)14(7-8-14)12(17)9-15-13(18)11-5-3-2-4-6-11;1-2;;;/h2-6H,1,7-9H2,(H,15,18);1-2H3;1H3;;/q-1;;-1;;. The van der Waals surface area contributed by atoms with Gasteiger partial charge in [0.25, 0.3) is 5.91 Å². The van der Waals surface area contributed by atoms with Crippen molar-refractivity contribution in [3.63, 3.8) is 0 Å². The summed E-state index contributed by atoms with van der Waals surface area (Å²) in [5, 5.41) is 2.53. The summed E-state index contributed by atoms with van der Waals surface area (Å²) < 4.78 is 0. The summed E-state index contributed by atoms with van der Waals surface area (Å²) in [6.45, 7) is 7.19. The molecular weight excluding hydrogens is 539 g/mol. The summed E-state index contributed by atoms with van der Waals surface area (Å²) in [6, 6.07) is 8.64. The van der Waals surface area contributed by atoms with E-state index in [4.69, 9.17) is 0 Å². The van der Waals surface area contributed by atoms with Gasteiger partial charge in [0.2, 0.25) is 0 Å². The second-order valence-corrected chi connectivity index (χ2v) is 4.48. The molecule has 1 aliphatic rings. The number of ketones is 2. The third kappa shape index (κ3) is 7.41. The summed E-state index contributed by atoms with van der Waals surface area (Å²) in [6.07, 6.45) is 1.10. The molecule has 1 aromatic rings. The van der Waals surface area contributed by atoms with E-state index >= 15 is 0 Å². The zero-order valence-corrected chi connectivity index (χ0v) is 19.7. The van der Waals surface area contributed by atoms with Gasteiger partial charge in [-0.2, -0.15) is 0 Å². The third-order valence-corrected chi connectivity index (χ3v) is 3.26. The number of benzene rings is 1. The second kappa shape index (κ2) is 13.0. The maximum absolute atomic E-state index is 11.8. The Hall–Kier alpha value is -0.308. The van der Waals surface area contributed by atoms with Gasteiger partial charge >= 0.3 is 0 Å². The minimum Gasteiger partial charge on any atom is -0.358 e. The van der Waals surface area contributed by atoms with Gasteiger partial charge < -0.3 is 24.5 Å². The SMILES string of the molecule is CC.[CH2-]C(=O)C1(C(=O)CNC(=O)c2ccccc2)CC1.[CH3-].[W].[Y]. The number of nitrogens with one attached hydrogen (secondary N) is 1. The average molecular weight is 562 g/mol. The topological polar surface area (TPSA) is 63.2 Å². The normalized spacial score (nSPS) is 12.6. The van der Waals surface area contributed by atoms with Crippen LogP contribution in [0.15, 0.2) is 30.3 Å². The number of hydrogen-bond acceptors (Lipinski definition) is 3. The quantitative estimate of drug-likeness (QED) is 0.444. The van der Waals surface area contributed by atoms with Crippen LogP contribution >= 0.6 is 0 Å². The van der Waals surface area contributed by atoms with Gasteiger partial charge in [-0.1, -0.05) is 32.0 Å². The Kier molecular flexibility index (Phi) is 15.6. The van der Waals surface area contributed by atoms with Crippen molar-refractivity contribution in [2.45, 2.75) is 26.7 Å². The Bertz CT molecular complexity index is 502. The fourth-order valence-corrected chi connectivity index (χ4v) is 1.86. The Labute approximate surface area is 178 Å². The number of carbonyl (C=O) groups excluding carboxylic acids is 3. The van der Waals surface area contributed by atoms with E-state index in [-0.39, 0.29) is 85.2 Å². The second-order valence-electron chi connectivity index (χ2n) is 4.48. The van der Waals surface area contributed by atoms with Crippen LogP contribution in [0.2, 0.25) is 0 Å². The molecule has 4 nitrogen and oxygen atoms in total. The van der Waals surface area contributed by atoms with Gasteiger partial charge in [0.05, 0.1) is 12.0 Å². The van der Waals surface area contributed by atoms with Crippen LogP contribution in [0.25, 0.3) is 0 Å². The van der Waals surface area contributed by atoms with Gasteiger partial charge in [0.1, 0.15) is 0 Å². The summed E-state index contributed by atoms with van der Waals surface area (Å²) in [5.74, 6) is -0.899. The number of hydrogen-bond donors (Lipinski definition) is 1. The van der Waals surface area contributed by atoms with Crippen LogP contribution < -0.4 is 5.32 Å². The molecule has 1 saturated carbocycles. The van der Waals surface area contributed by atoms with E-state index in [0.717, 1.165) is 0 Å². The number of rotatable bonds is 5. The first-order valence-corrected chi connectivity index (χ1v) is 6.79. The molecule has 2 rings (SSSR count). The van der Waals surface area contributed by atoms with E-state index < -0.39 is 5.41 Å². The Morgan fingerprint density at radius 2 is 1.61 bits per heavy atom. The van der Waals surface area contributed by atoms with Crippen molar-refractivity contribution < 1.29 is 68.2 Å².